The van der Waals surface area contributed by atoms with Crippen molar-refractivity contribution in [2.24, 2.45) is 0 Å². The van der Waals surface area contributed by atoms with E-state index in [9.17, 15) is 19.4 Å². The number of hydrogen-bond donors (Lipinski definition) is 2. The number of rotatable bonds is 58. The number of carbonyl (C=O) groups excluding carboxylic acids is 1. The molecule has 78 heavy (non-hydrogen) atoms. The van der Waals surface area contributed by atoms with Crippen LogP contribution >= 0.6 is 7.82 Å². The van der Waals surface area contributed by atoms with Crippen LogP contribution in [0.4, 0.5) is 0 Å². The molecule has 2 N–H and O–H groups in total. The number of unbranched alkanes of at least 4 members (excludes halogenated alkanes) is 29. The molecule has 0 saturated carbocycles. The van der Waals surface area contributed by atoms with Gasteiger partial charge in [-0.15, -0.1) is 0 Å². The van der Waals surface area contributed by atoms with E-state index in [1.54, 1.807) is 6.08 Å². The van der Waals surface area contributed by atoms with Gasteiger partial charge in [0.2, 0.25) is 5.91 Å². The van der Waals surface area contributed by atoms with Crippen LogP contribution in [0.5, 0.6) is 0 Å². The molecular weight excluding hydrogens is 984 g/mol. The van der Waals surface area contributed by atoms with Gasteiger partial charge in [-0.1, -0.05) is 284 Å². The molecule has 0 aromatic rings. The van der Waals surface area contributed by atoms with Gasteiger partial charge >= 0.3 is 0 Å². The fourth-order valence-electron chi connectivity index (χ4n) is 8.97. The lowest BCUT2D eigenvalue weighted by atomic mass is 10.0. The summed E-state index contributed by atoms with van der Waals surface area (Å²) in [5.74, 6) is -0.221. The van der Waals surface area contributed by atoms with Gasteiger partial charge in [-0.2, -0.15) is 0 Å². The first kappa shape index (κ1) is 75.2. The highest BCUT2D eigenvalue weighted by Gasteiger charge is 2.23. The molecule has 9 heteroatoms. The van der Waals surface area contributed by atoms with Crippen LogP contribution in [0, 0.1) is 0 Å². The number of phosphoric acid groups is 1. The Morgan fingerprint density at radius 2 is 0.795 bits per heavy atom. The second-order valence-electron chi connectivity index (χ2n) is 22.7. The summed E-state index contributed by atoms with van der Waals surface area (Å²) in [5, 5.41) is 13.9. The Labute approximate surface area is 482 Å². The lowest BCUT2D eigenvalue weighted by Gasteiger charge is -2.29. The molecule has 0 saturated heterocycles. The van der Waals surface area contributed by atoms with Gasteiger partial charge in [0.05, 0.1) is 39.9 Å². The van der Waals surface area contributed by atoms with Gasteiger partial charge in [-0.05, 0) is 89.9 Å². The number of aliphatic hydroxyl groups is 1. The van der Waals surface area contributed by atoms with Crippen LogP contribution < -0.4 is 10.2 Å². The van der Waals surface area contributed by atoms with Gasteiger partial charge in [-0.3, -0.25) is 9.36 Å². The molecule has 0 aromatic heterocycles. The number of nitrogens with zero attached hydrogens (tertiary/aromatic N) is 1. The summed E-state index contributed by atoms with van der Waals surface area (Å²) < 4.78 is 23.4. The molecular formula is C69H123N2O6P. The second-order valence-corrected chi connectivity index (χ2v) is 24.1. The van der Waals surface area contributed by atoms with Crippen molar-refractivity contribution in [2.75, 3.05) is 40.9 Å². The first-order chi connectivity index (χ1) is 38.0. The molecule has 0 spiro atoms. The molecule has 0 aliphatic rings. The van der Waals surface area contributed by atoms with Gasteiger partial charge in [0.25, 0.3) is 7.82 Å². The number of allylic oxidation sites excluding steroid dienone is 17. The Hall–Kier alpha value is -2.84. The highest BCUT2D eigenvalue weighted by atomic mass is 31.2. The third-order valence-corrected chi connectivity index (χ3v) is 14.9. The van der Waals surface area contributed by atoms with Crippen LogP contribution in [0.1, 0.15) is 271 Å². The summed E-state index contributed by atoms with van der Waals surface area (Å²) >= 11 is 0. The van der Waals surface area contributed by atoms with Gasteiger partial charge in [-0.25, -0.2) is 0 Å². The molecule has 8 nitrogen and oxygen atoms in total. The molecule has 0 radical (unpaired) electrons. The van der Waals surface area contributed by atoms with Crippen molar-refractivity contribution in [2.45, 2.75) is 283 Å². The average Bonchev–Trinajstić information content (AvgIpc) is 3.41. The zero-order valence-electron chi connectivity index (χ0n) is 51.3. The number of amides is 1. The summed E-state index contributed by atoms with van der Waals surface area (Å²) in [6.45, 7) is 4.52. The molecule has 0 fully saturated rings. The Morgan fingerprint density at radius 3 is 1.19 bits per heavy atom. The van der Waals surface area contributed by atoms with E-state index in [0.29, 0.717) is 17.4 Å². The topological polar surface area (TPSA) is 108 Å². The molecule has 0 rings (SSSR count). The van der Waals surface area contributed by atoms with Gasteiger partial charge in [0.15, 0.2) is 0 Å². The van der Waals surface area contributed by atoms with Crippen molar-refractivity contribution in [1.82, 2.24) is 5.32 Å². The van der Waals surface area contributed by atoms with E-state index in [1.165, 1.54) is 154 Å². The predicted molar refractivity (Wildman–Crippen MR) is 339 cm³/mol. The van der Waals surface area contributed by atoms with E-state index >= 15 is 0 Å². The molecule has 0 aliphatic heterocycles. The fraction of sp³-hybridized carbons (Fsp3) is 0.725. The minimum atomic E-state index is -4.62. The van der Waals surface area contributed by atoms with Crippen molar-refractivity contribution in [3.8, 4) is 0 Å². The van der Waals surface area contributed by atoms with Crippen LogP contribution in [0.2, 0.25) is 0 Å². The number of quaternary nitrogens is 1. The van der Waals surface area contributed by atoms with E-state index in [2.05, 4.69) is 116 Å². The summed E-state index contributed by atoms with van der Waals surface area (Å²) in [4.78, 5) is 25.6. The first-order valence-electron chi connectivity index (χ1n) is 32.2. The molecule has 0 heterocycles. The van der Waals surface area contributed by atoms with Crippen LogP contribution in [0.25, 0.3) is 0 Å². The maximum Gasteiger partial charge on any atom is 0.268 e. The lowest BCUT2D eigenvalue weighted by molar-refractivity contribution is -0.870. The van der Waals surface area contributed by atoms with Crippen LogP contribution in [-0.4, -0.2) is 68.5 Å². The smallest absolute Gasteiger partial charge is 0.268 e. The number of nitrogens with one attached hydrogen (secondary N) is 1. The van der Waals surface area contributed by atoms with Crippen LogP contribution in [0.15, 0.2) is 109 Å². The van der Waals surface area contributed by atoms with Crippen molar-refractivity contribution in [3.63, 3.8) is 0 Å². The SMILES string of the molecule is CC/C=C\C/C=C\C/C=C\C/C=C\C/C=C\C/C=C\C/C=C\CCCCCCCCCC(=O)NC(COP(=O)([O-])OCC[N+](C)(C)C)C(O)/C=C/CC/C=C/CCCCCCCCCCCCCCCCCCCCCCC. The van der Waals surface area contributed by atoms with Crippen LogP contribution in [-0.2, 0) is 18.4 Å². The van der Waals surface area contributed by atoms with Crippen molar-refractivity contribution in [1.29, 1.82) is 0 Å². The summed E-state index contributed by atoms with van der Waals surface area (Å²) in [6, 6.07) is -0.919. The quantitative estimate of drug-likeness (QED) is 0.0272. The number of aliphatic hydroxyl groups excluding tert-OH is 1. The standard InChI is InChI=1S/C69H123N2O6P/c1-6-8-10-12-14-16-18-20-22-24-26-28-30-32-34-35-37-39-41-43-45-47-49-51-53-55-57-59-61-63-69(73)70-67(66-77-78(74,75)76-65-64-71(3,4)5)68(72)62-60-58-56-54-52-50-48-46-44-42-40-38-36-33-31-29-27-25-23-21-19-17-15-13-11-9-7-2/h8,10,14,16,20,22,26,28,32,34,37,39,43,45,52,54,60,62,67-68,72H,6-7,9,11-13,15,17-19,21,23-25,27,29-31,33,35-36,38,40-42,44,46-51,53,55-59,61,63-66H2,1-5H3,(H-,70,73,74,75)/b10-8-,16-14-,22-20-,28-26-,34-32-,39-37-,45-43-,54-52+,62-60+. The Balaban J connectivity index is 4.25. The Bertz CT molecular complexity index is 1640. The molecule has 450 valence electrons. The molecule has 1 amide bonds. The third kappa shape index (κ3) is 60.8. The Morgan fingerprint density at radius 1 is 0.462 bits per heavy atom. The average molecular weight is 1110 g/mol. The minimum absolute atomic E-state index is 0.0142. The maximum absolute atomic E-state index is 13.0. The van der Waals surface area contributed by atoms with E-state index in [0.717, 1.165) is 96.3 Å². The fourth-order valence-corrected chi connectivity index (χ4v) is 9.70. The minimum Gasteiger partial charge on any atom is -0.756 e. The summed E-state index contributed by atoms with van der Waals surface area (Å²) in [7, 11) is 1.22. The number of hydrogen-bond acceptors (Lipinski definition) is 6. The number of phosphoric ester groups is 1. The largest absolute Gasteiger partial charge is 0.756 e. The zero-order valence-corrected chi connectivity index (χ0v) is 52.2. The first-order valence-corrected chi connectivity index (χ1v) is 33.7. The van der Waals surface area contributed by atoms with E-state index in [1.807, 2.05) is 27.2 Å². The molecule has 0 bridgehead atoms. The second kappa shape index (κ2) is 58.8. The molecule has 0 aromatic carbocycles. The lowest BCUT2D eigenvalue weighted by Crippen LogP contribution is -2.45. The van der Waals surface area contributed by atoms with Crippen molar-refractivity contribution in [3.05, 3.63) is 109 Å². The van der Waals surface area contributed by atoms with Gasteiger partial charge in [0, 0.05) is 6.42 Å². The number of carbonyl (C=O) groups is 1. The Kier molecular flexibility index (Phi) is 56.7. The normalized spacial score (nSPS) is 14.5. The van der Waals surface area contributed by atoms with Crippen molar-refractivity contribution < 1.29 is 32.9 Å². The van der Waals surface area contributed by atoms with Gasteiger partial charge in [0.1, 0.15) is 13.2 Å². The highest BCUT2D eigenvalue weighted by Crippen LogP contribution is 2.38. The van der Waals surface area contributed by atoms with E-state index < -0.39 is 26.6 Å². The maximum atomic E-state index is 13.0. The van der Waals surface area contributed by atoms with E-state index in [-0.39, 0.29) is 12.5 Å². The predicted octanol–water partition coefficient (Wildman–Crippen LogP) is 19.7. The monoisotopic (exact) mass is 1110 g/mol. The zero-order chi connectivity index (χ0) is 57.0. The summed E-state index contributed by atoms with van der Waals surface area (Å²) in [5.41, 5.74) is 0. The van der Waals surface area contributed by atoms with Crippen LogP contribution in [0.3, 0.4) is 0 Å². The number of likely N-dealkylation sites (N-methyl/N-ethyl adjacent to an activating group) is 1. The van der Waals surface area contributed by atoms with Crippen molar-refractivity contribution >= 4 is 13.7 Å². The van der Waals surface area contributed by atoms with Gasteiger partial charge < -0.3 is 28.8 Å². The molecule has 0 aliphatic carbocycles. The third-order valence-electron chi connectivity index (χ3n) is 14.0. The molecule has 3 atom stereocenters. The highest BCUT2D eigenvalue weighted by molar-refractivity contribution is 7.45. The summed E-state index contributed by atoms with van der Waals surface area (Å²) in [6.07, 6.45) is 86.2. The van der Waals surface area contributed by atoms with E-state index in [4.69, 9.17) is 9.05 Å². The molecule has 3 unspecified atom stereocenters.